The minimum Gasteiger partial charge on any atom is -0.455 e. The highest BCUT2D eigenvalue weighted by Gasteiger charge is 2.19. The highest BCUT2D eigenvalue weighted by molar-refractivity contribution is 6.02. The quantitative estimate of drug-likeness (QED) is 0.156. The van der Waals surface area contributed by atoms with Crippen LogP contribution in [-0.2, 0) is 0 Å². The molecule has 0 radical (unpaired) electrons. The van der Waals surface area contributed by atoms with E-state index < -0.39 is 0 Å². The lowest BCUT2D eigenvalue weighted by Gasteiger charge is -2.27. The van der Waals surface area contributed by atoms with Gasteiger partial charge in [-0.2, -0.15) is 0 Å². The highest BCUT2D eigenvalue weighted by Crippen LogP contribution is 2.43. The molecule has 0 aliphatic carbocycles. The average Bonchev–Trinajstić information content (AvgIpc) is 3.68. The molecule has 9 aromatic carbocycles. The fourth-order valence-corrected chi connectivity index (χ4v) is 7.90. The molecule has 264 valence electrons. The number of benzene rings is 9. The minimum absolute atomic E-state index is 0.883. The summed E-state index contributed by atoms with van der Waals surface area (Å²) in [6.07, 6.45) is 0. The third kappa shape index (κ3) is 6.24. The summed E-state index contributed by atoms with van der Waals surface area (Å²) < 4.78 is 6.57. The van der Waals surface area contributed by atoms with Crippen molar-refractivity contribution in [1.82, 2.24) is 0 Å². The fourth-order valence-electron chi connectivity index (χ4n) is 7.90. The Hall–Kier alpha value is -7.42. The van der Waals surface area contributed by atoms with Crippen LogP contribution in [0.4, 0.5) is 17.1 Å². The normalized spacial score (nSPS) is 11.2. The Kier molecular flexibility index (Phi) is 8.55. The molecule has 1 aromatic heterocycles. The van der Waals surface area contributed by atoms with Crippen molar-refractivity contribution in [1.29, 1.82) is 0 Å². The summed E-state index contributed by atoms with van der Waals surface area (Å²) in [6, 6.07) is 79.9. The number of rotatable bonds is 8. The van der Waals surface area contributed by atoms with Crippen LogP contribution in [0.2, 0.25) is 0 Å². The van der Waals surface area contributed by atoms with E-state index in [1.165, 1.54) is 33.0 Å². The van der Waals surface area contributed by atoms with Crippen LogP contribution in [0, 0.1) is 0 Å². The number of hydrogen-bond acceptors (Lipinski definition) is 2. The van der Waals surface area contributed by atoms with E-state index in [4.69, 9.17) is 4.42 Å². The first-order chi connectivity index (χ1) is 27.8. The Balaban J connectivity index is 1.01. The predicted octanol–water partition coefficient (Wildman–Crippen LogP) is 15.4. The van der Waals surface area contributed by atoms with Gasteiger partial charge in [-0.25, -0.2) is 0 Å². The number of nitrogens with zero attached hydrogens (tertiary/aromatic N) is 1. The Morgan fingerprint density at radius 3 is 1.41 bits per heavy atom. The predicted molar refractivity (Wildman–Crippen MR) is 236 cm³/mol. The van der Waals surface area contributed by atoms with Crippen LogP contribution in [0.3, 0.4) is 0 Å². The molecule has 0 N–H and O–H groups in total. The smallest absolute Gasteiger partial charge is 0.143 e. The summed E-state index contributed by atoms with van der Waals surface area (Å²) in [5.74, 6) is 0.883. The molecular weight excluding hydrogens is 679 g/mol. The monoisotopic (exact) mass is 715 g/mol. The molecule has 2 heteroatoms. The van der Waals surface area contributed by atoms with Crippen molar-refractivity contribution in [3.8, 4) is 55.8 Å². The van der Waals surface area contributed by atoms with Gasteiger partial charge in [0.1, 0.15) is 11.3 Å². The zero-order valence-electron chi connectivity index (χ0n) is 30.7. The molecule has 0 spiro atoms. The lowest BCUT2D eigenvalue weighted by atomic mass is 9.96. The molecule has 0 saturated carbocycles. The second-order valence-corrected chi connectivity index (χ2v) is 14.1. The minimum atomic E-state index is 0.883. The van der Waals surface area contributed by atoms with Gasteiger partial charge in [-0.15, -0.1) is 0 Å². The number of hydrogen-bond donors (Lipinski definition) is 0. The third-order valence-corrected chi connectivity index (χ3v) is 10.7. The van der Waals surface area contributed by atoms with E-state index in [1.807, 2.05) is 12.1 Å². The largest absolute Gasteiger partial charge is 0.455 e. The lowest BCUT2D eigenvalue weighted by molar-refractivity contribution is 0.632. The molecule has 0 atom stereocenters. The molecule has 10 rings (SSSR count). The van der Waals surface area contributed by atoms with Gasteiger partial charge in [-0.3, -0.25) is 0 Å². The van der Waals surface area contributed by atoms with E-state index in [9.17, 15) is 0 Å². The molecule has 0 aliphatic heterocycles. The van der Waals surface area contributed by atoms with Gasteiger partial charge >= 0.3 is 0 Å². The Bertz CT molecular complexity index is 2920. The van der Waals surface area contributed by atoms with Crippen molar-refractivity contribution in [2.75, 3.05) is 4.90 Å². The van der Waals surface area contributed by atoms with E-state index in [-0.39, 0.29) is 0 Å². The first-order valence-electron chi connectivity index (χ1n) is 19.1. The maximum absolute atomic E-state index is 6.57. The third-order valence-electron chi connectivity index (χ3n) is 10.7. The van der Waals surface area contributed by atoms with Crippen molar-refractivity contribution in [3.63, 3.8) is 0 Å². The van der Waals surface area contributed by atoms with Crippen LogP contribution in [0.5, 0.6) is 0 Å². The summed E-state index contributed by atoms with van der Waals surface area (Å²) in [5.41, 5.74) is 14.6. The van der Waals surface area contributed by atoms with Crippen molar-refractivity contribution in [3.05, 3.63) is 224 Å². The van der Waals surface area contributed by atoms with Crippen molar-refractivity contribution < 1.29 is 4.42 Å². The molecule has 0 aliphatic rings. The number of furan rings is 1. The zero-order chi connectivity index (χ0) is 37.3. The molecular formula is C54H37NO. The summed E-state index contributed by atoms with van der Waals surface area (Å²) >= 11 is 0. The van der Waals surface area contributed by atoms with Gasteiger partial charge in [0.25, 0.3) is 0 Å². The summed E-state index contributed by atoms with van der Waals surface area (Å²) in [5, 5.41) is 3.53. The highest BCUT2D eigenvalue weighted by atomic mass is 16.3. The van der Waals surface area contributed by atoms with Crippen LogP contribution >= 0.6 is 0 Å². The number of fused-ring (bicyclic) bond motifs is 2. The van der Waals surface area contributed by atoms with Crippen LogP contribution in [-0.4, -0.2) is 0 Å². The number of para-hydroxylation sites is 1. The van der Waals surface area contributed by atoms with Gasteiger partial charge in [0.2, 0.25) is 0 Å². The van der Waals surface area contributed by atoms with Gasteiger partial charge in [-0.05, 0) is 86.8 Å². The molecule has 0 bridgehead atoms. The maximum Gasteiger partial charge on any atom is 0.143 e. The summed E-state index contributed by atoms with van der Waals surface area (Å²) in [6.45, 7) is 0. The summed E-state index contributed by atoms with van der Waals surface area (Å²) in [7, 11) is 0. The molecule has 0 saturated heterocycles. The molecule has 0 unspecified atom stereocenters. The lowest BCUT2D eigenvalue weighted by Crippen LogP contribution is -2.10. The Morgan fingerprint density at radius 1 is 0.304 bits per heavy atom. The van der Waals surface area contributed by atoms with Crippen molar-refractivity contribution in [2.24, 2.45) is 0 Å². The van der Waals surface area contributed by atoms with E-state index >= 15 is 0 Å². The van der Waals surface area contributed by atoms with E-state index in [0.29, 0.717) is 0 Å². The van der Waals surface area contributed by atoms with Gasteiger partial charge in [0, 0.05) is 33.3 Å². The Labute approximate surface area is 327 Å². The SMILES string of the molecule is c1ccc(-c2ccc(-c3ccc(N(c4ccc(-c5cccc(-c6oc7ccccc7c6-c6ccccc6)c5)cc4)c4cccc5ccccc45)cc3)cc2)cc1. The van der Waals surface area contributed by atoms with Gasteiger partial charge in [0.15, 0.2) is 0 Å². The van der Waals surface area contributed by atoms with E-state index in [2.05, 4.69) is 217 Å². The molecule has 1 heterocycles. The molecule has 0 amide bonds. The van der Waals surface area contributed by atoms with Crippen LogP contribution in [0.1, 0.15) is 0 Å². The second kappa shape index (κ2) is 14.4. The van der Waals surface area contributed by atoms with Crippen LogP contribution in [0.25, 0.3) is 77.6 Å². The van der Waals surface area contributed by atoms with Crippen molar-refractivity contribution >= 4 is 38.8 Å². The topological polar surface area (TPSA) is 16.4 Å². The summed E-state index contributed by atoms with van der Waals surface area (Å²) in [4.78, 5) is 2.37. The maximum atomic E-state index is 6.57. The van der Waals surface area contributed by atoms with Crippen molar-refractivity contribution in [2.45, 2.75) is 0 Å². The molecule has 2 nitrogen and oxygen atoms in total. The van der Waals surface area contributed by atoms with E-state index in [1.54, 1.807) is 0 Å². The second-order valence-electron chi connectivity index (χ2n) is 14.1. The fraction of sp³-hybridized carbons (Fsp3) is 0. The number of anilines is 3. The molecule has 0 fully saturated rings. The average molecular weight is 716 g/mol. The van der Waals surface area contributed by atoms with Crippen LogP contribution in [0.15, 0.2) is 229 Å². The van der Waals surface area contributed by atoms with Gasteiger partial charge in [0.05, 0.1) is 5.69 Å². The standard InChI is InChI=1S/C54H37NO/c1-3-13-38(14-4-1)39-25-27-40(28-26-39)41-29-33-47(34-30-41)55(51-23-12-18-43-15-7-8-21-49(43)51)48-35-31-42(32-36-48)45-19-11-20-46(37-45)54-53(44-16-5-2-6-17-44)50-22-9-10-24-52(50)56-54/h1-37H. The Morgan fingerprint density at radius 2 is 0.750 bits per heavy atom. The molecule has 56 heavy (non-hydrogen) atoms. The first kappa shape index (κ1) is 33.2. The molecule has 10 aromatic rings. The first-order valence-corrected chi connectivity index (χ1v) is 19.1. The van der Waals surface area contributed by atoms with E-state index in [0.717, 1.165) is 61.6 Å². The zero-order valence-corrected chi connectivity index (χ0v) is 30.7. The van der Waals surface area contributed by atoms with Gasteiger partial charge < -0.3 is 9.32 Å². The van der Waals surface area contributed by atoms with Crippen LogP contribution < -0.4 is 4.90 Å². The van der Waals surface area contributed by atoms with Gasteiger partial charge in [-0.1, -0.05) is 182 Å².